The third kappa shape index (κ3) is 3.26. The zero-order valence-electron chi connectivity index (χ0n) is 8.90. The average molecular weight is 243 g/mol. The molecule has 0 aliphatic rings. The molecular weight excluding hydrogens is 228 g/mol. The number of rotatable bonds is 4. The van der Waals surface area contributed by atoms with Gasteiger partial charge in [-0.2, -0.15) is 0 Å². The fourth-order valence-electron chi connectivity index (χ4n) is 1.28. The SMILES string of the molecule is C=CC(O)c1c(Cl)cccc1SC(C)C. The number of hydrogen-bond donors (Lipinski definition) is 1. The molecule has 1 rings (SSSR count). The second kappa shape index (κ2) is 5.59. The average Bonchev–Trinajstić information content (AvgIpc) is 2.16. The maximum absolute atomic E-state index is 9.79. The summed E-state index contributed by atoms with van der Waals surface area (Å²) in [4.78, 5) is 1.02. The monoisotopic (exact) mass is 242 g/mol. The molecule has 0 saturated heterocycles. The molecule has 82 valence electrons. The summed E-state index contributed by atoms with van der Waals surface area (Å²) in [6.45, 7) is 7.79. The van der Waals surface area contributed by atoms with E-state index in [1.54, 1.807) is 17.8 Å². The van der Waals surface area contributed by atoms with Crippen molar-refractivity contribution in [2.75, 3.05) is 0 Å². The van der Waals surface area contributed by atoms with E-state index in [9.17, 15) is 5.11 Å². The van der Waals surface area contributed by atoms with Gasteiger partial charge in [0.15, 0.2) is 0 Å². The van der Waals surface area contributed by atoms with E-state index >= 15 is 0 Å². The summed E-state index contributed by atoms with van der Waals surface area (Å²) in [6, 6.07) is 5.65. The van der Waals surface area contributed by atoms with Crippen LogP contribution in [0, 0.1) is 0 Å². The molecular formula is C12H15ClOS. The van der Waals surface area contributed by atoms with Crippen LogP contribution in [-0.2, 0) is 0 Å². The highest BCUT2D eigenvalue weighted by Gasteiger charge is 2.14. The van der Waals surface area contributed by atoms with E-state index in [1.807, 2.05) is 12.1 Å². The van der Waals surface area contributed by atoms with Crippen LogP contribution in [0.25, 0.3) is 0 Å². The van der Waals surface area contributed by atoms with Crippen molar-refractivity contribution in [3.63, 3.8) is 0 Å². The second-order valence-electron chi connectivity index (χ2n) is 3.50. The Morgan fingerprint density at radius 2 is 2.13 bits per heavy atom. The molecule has 1 N–H and O–H groups in total. The lowest BCUT2D eigenvalue weighted by atomic mass is 10.1. The Labute approximate surface area is 100 Å². The smallest absolute Gasteiger partial charge is 0.0994 e. The highest BCUT2D eigenvalue weighted by molar-refractivity contribution is 8.00. The zero-order valence-corrected chi connectivity index (χ0v) is 10.5. The van der Waals surface area contributed by atoms with Crippen molar-refractivity contribution < 1.29 is 5.11 Å². The van der Waals surface area contributed by atoms with Gasteiger partial charge in [0.1, 0.15) is 0 Å². The van der Waals surface area contributed by atoms with E-state index < -0.39 is 6.10 Å². The molecule has 0 spiro atoms. The second-order valence-corrected chi connectivity index (χ2v) is 5.52. The summed E-state index contributed by atoms with van der Waals surface area (Å²) in [5, 5.41) is 10.8. The van der Waals surface area contributed by atoms with Crippen molar-refractivity contribution in [3.8, 4) is 0 Å². The van der Waals surface area contributed by atoms with Gasteiger partial charge in [-0.1, -0.05) is 37.6 Å². The number of hydrogen-bond acceptors (Lipinski definition) is 2. The molecule has 1 aromatic carbocycles. The van der Waals surface area contributed by atoms with Crippen molar-refractivity contribution in [1.29, 1.82) is 0 Å². The predicted molar refractivity (Wildman–Crippen MR) is 67.6 cm³/mol. The maximum atomic E-state index is 9.79. The first-order valence-corrected chi connectivity index (χ1v) is 6.07. The fourth-order valence-corrected chi connectivity index (χ4v) is 2.64. The van der Waals surface area contributed by atoms with Crippen LogP contribution in [0.3, 0.4) is 0 Å². The van der Waals surface area contributed by atoms with Gasteiger partial charge in [0.05, 0.1) is 6.10 Å². The molecule has 1 atom stereocenters. The highest BCUT2D eigenvalue weighted by atomic mass is 35.5. The normalized spacial score (nSPS) is 12.9. The summed E-state index contributed by atoms with van der Waals surface area (Å²) in [7, 11) is 0. The largest absolute Gasteiger partial charge is 0.384 e. The summed E-state index contributed by atoms with van der Waals surface area (Å²) in [5.41, 5.74) is 0.757. The van der Waals surface area contributed by atoms with Crippen molar-refractivity contribution >= 4 is 23.4 Å². The number of thioether (sulfide) groups is 1. The van der Waals surface area contributed by atoms with Gasteiger partial charge < -0.3 is 5.11 Å². The van der Waals surface area contributed by atoms with E-state index in [4.69, 9.17) is 11.6 Å². The Morgan fingerprint density at radius 3 is 2.67 bits per heavy atom. The van der Waals surface area contributed by atoms with Crippen LogP contribution in [0.2, 0.25) is 5.02 Å². The summed E-state index contributed by atoms with van der Waals surface area (Å²) in [6.07, 6.45) is 0.797. The highest BCUT2D eigenvalue weighted by Crippen LogP contribution is 2.35. The van der Waals surface area contributed by atoms with Gasteiger partial charge in [-0.25, -0.2) is 0 Å². The minimum Gasteiger partial charge on any atom is -0.384 e. The molecule has 0 aliphatic carbocycles. The van der Waals surface area contributed by atoms with Crippen LogP contribution in [0.1, 0.15) is 25.5 Å². The molecule has 0 fully saturated rings. The van der Waals surface area contributed by atoms with E-state index in [2.05, 4.69) is 20.4 Å². The van der Waals surface area contributed by atoms with Gasteiger partial charge in [-0.05, 0) is 12.1 Å². The molecule has 15 heavy (non-hydrogen) atoms. The van der Waals surface area contributed by atoms with E-state index in [0.717, 1.165) is 10.5 Å². The first-order valence-electron chi connectivity index (χ1n) is 4.82. The number of aliphatic hydroxyl groups excluding tert-OH is 1. The van der Waals surface area contributed by atoms with Crippen molar-refractivity contribution in [2.45, 2.75) is 30.1 Å². The molecule has 0 saturated carbocycles. The Bertz CT molecular complexity index is 349. The van der Waals surface area contributed by atoms with Gasteiger partial charge in [-0.15, -0.1) is 18.3 Å². The molecule has 1 aromatic rings. The van der Waals surface area contributed by atoms with Crippen molar-refractivity contribution in [2.24, 2.45) is 0 Å². The lowest BCUT2D eigenvalue weighted by Gasteiger charge is -2.15. The maximum Gasteiger partial charge on any atom is 0.0994 e. The van der Waals surface area contributed by atoms with Gasteiger partial charge in [-0.3, -0.25) is 0 Å². The van der Waals surface area contributed by atoms with E-state index in [0.29, 0.717) is 10.3 Å². The Morgan fingerprint density at radius 1 is 1.47 bits per heavy atom. The lowest BCUT2D eigenvalue weighted by molar-refractivity contribution is 0.226. The molecule has 0 aromatic heterocycles. The lowest BCUT2D eigenvalue weighted by Crippen LogP contribution is -1.98. The predicted octanol–water partition coefficient (Wildman–Crippen LogP) is 4.06. The van der Waals surface area contributed by atoms with Crippen molar-refractivity contribution in [1.82, 2.24) is 0 Å². The summed E-state index contributed by atoms with van der Waals surface area (Å²) < 4.78 is 0. The van der Waals surface area contributed by atoms with E-state index in [1.165, 1.54) is 6.08 Å². The van der Waals surface area contributed by atoms with Gasteiger partial charge in [0, 0.05) is 20.7 Å². The molecule has 0 amide bonds. The van der Waals surface area contributed by atoms with Gasteiger partial charge in [0.25, 0.3) is 0 Å². The van der Waals surface area contributed by atoms with Crippen LogP contribution in [0.4, 0.5) is 0 Å². The van der Waals surface area contributed by atoms with Crippen molar-refractivity contribution in [3.05, 3.63) is 41.4 Å². The standard InChI is InChI=1S/C12H15ClOS/c1-4-10(14)12-9(13)6-5-7-11(12)15-8(2)3/h4-8,10,14H,1H2,2-3H3. The quantitative estimate of drug-likeness (QED) is 0.635. The third-order valence-corrected chi connectivity index (χ3v) is 3.31. The summed E-state index contributed by atoms with van der Waals surface area (Å²) in [5.74, 6) is 0. The molecule has 0 aliphatic heterocycles. The Balaban J connectivity index is 3.13. The van der Waals surface area contributed by atoms with Crippen LogP contribution < -0.4 is 0 Å². The first-order chi connectivity index (χ1) is 7.06. The van der Waals surface area contributed by atoms with Crippen LogP contribution >= 0.6 is 23.4 Å². The fraction of sp³-hybridized carbons (Fsp3) is 0.333. The third-order valence-electron chi connectivity index (χ3n) is 1.89. The molecule has 0 bridgehead atoms. The van der Waals surface area contributed by atoms with Crippen LogP contribution in [0.15, 0.2) is 35.7 Å². The van der Waals surface area contributed by atoms with Gasteiger partial charge in [0.2, 0.25) is 0 Å². The number of benzene rings is 1. The molecule has 3 heteroatoms. The molecule has 0 radical (unpaired) electrons. The first kappa shape index (κ1) is 12.6. The minimum absolute atomic E-state index is 0.458. The Hall–Kier alpha value is -0.440. The minimum atomic E-state index is -0.694. The summed E-state index contributed by atoms with van der Waals surface area (Å²) >= 11 is 7.76. The number of halogens is 1. The topological polar surface area (TPSA) is 20.2 Å². The van der Waals surface area contributed by atoms with Crippen LogP contribution in [0.5, 0.6) is 0 Å². The molecule has 0 heterocycles. The molecule has 1 unspecified atom stereocenters. The number of aliphatic hydroxyl groups is 1. The van der Waals surface area contributed by atoms with Crippen LogP contribution in [-0.4, -0.2) is 10.4 Å². The zero-order chi connectivity index (χ0) is 11.4. The van der Waals surface area contributed by atoms with Gasteiger partial charge >= 0.3 is 0 Å². The molecule has 1 nitrogen and oxygen atoms in total. The van der Waals surface area contributed by atoms with E-state index in [-0.39, 0.29) is 0 Å². The Kier molecular flexibility index (Phi) is 4.71.